The zero-order valence-electron chi connectivity index (χ0n) is 18.1. The van der Waals surface area contributed by atoms with Crippen molar-refractivity contribution in [2.24, 2.45) is 0 Å². The van der Waals surface area contributed by atoms with Crippen molar-refractivity contribution in [2.45, 2.75) is 6.04 Å². The lowest BCUT2D eigenvalue weighted by molar-refractivity contribution is 0.102. The Bertz CT molecular complexity index is 1200. The summed E-state index contributed by atoms with van der Waals surface area (Å²) in [6.45, 7) is 3.75. The van der Waals surface area contributed by atoms with Crippen molar-refractivity contribution in [3.63, 3.8) is 0 Å². The molecule has 0 saturated carbocycles. The topological polar surface area (TPSA) is 61.6 Å². The summed E-state index contributed by atoms with van der Waals surface area (Å²) in [6, 6.07) is 21.0. The Labute approximate surface area is 187 Å². The third-order valence-electron chi connectivity index (χ3n) is 6.05. The van der Waals surface area contributed by atoms with Gasteiger partial charge < -0.3 is 14.6 Å². The molecule has 1 N–H and O–H groups in total. The summed E-state index contributed by atoms with van der Waals surface area (Å²) in [4.78, 5) is 22.2. The van der Waals surface area contributed by atoms with E-state index in [4.69, 9.17) is 4.42 Å². The largest absolute Gasteiger partial charge is 0.457 e. The van der Waals surface area contributed by atoms with Crippen molar-refractivity contribution in [1.29, 1.82) is 0 Å². The summed E-state index contributed by atoms with van der Waals surface area (Å²) in [7, 11) is 2.14. The second kappa shape index (κ2) is 8.94. The maximum Gasteiger partial charge on any atom is 0.255 e. The van der Waals surface area contributed by atoms with E-state index in [0.717, 1.165) is 54.2 Å². The number of furan rings is 1. The molecule has 0 radical (unpaired) electrons. The molecule has 4 aromatic rings. The average Bonchev–Trinajstić information content (AvgIpc) is 3.19. The lowest BCUT2D eigenvalue weighted by atomic mass is 10.0. The number of amides is 1. The van der Waals surface area contributed by atoms with Gasteiger partial charge >= 0.3 is 0 Å². The van der Waals surface area contributed by atoms with E-state index in [1.165, 1.54) is 0 Å². The number of likely N-dealkylation sites (N-methyl/N-ethyl adjacent to an activating group) is 1. The normalized spacial score (nSPS) is 16.2. The summed E-state index contributed by atoms with van der Waals surface area (Å²) in [5.74, 6) is 0.592. The van der Waals surface area contributed by atoms with E-state index in [2.05, 4.69) is 33.2 Å². The molecule has 3 heterocycles. The summed E-state index contributed by atoms with van der Waals surface area (Å²) in [6.07, 6.45) is 3.67. The van der Waals surface area contributed by atoms with Gasteiger partial charge in [-0.05, 0) is 42.9 Å². The van der Waals surface area contributed by atoms with Crippen LogP contribution in [0.15, 0.2) is 83.5 Å². The van der Waals surface area contributed by atoms with Gasteiger partial charge in [-0.15, -0.1) is 0 Å². The molecular weight excluding hydrogens is 400 g/mol. The van der Waals surface area contributed by atoms with E-state index >= 15 is 0 Å². The number of fused-ring (bicyclic) bond motifs is 1. The molecule has 0 aliphatic carbocycles. The van der Waals surface area contributed by atoms with Crippen molar-refractivity contribution in [3.8, 4) is 0 Å². The molecule has 1 aliphatic rings. The minimum atomic E-state index is -0.151. The first-order valence-corrected chi connectivity index (χ1v) is 10.9. The molecule has 0 bridgehead atoms. The van der Waals surface area contributed by atoms with Crippen LogP contribution in [-0.2, 0) is 0 Å². The minimum absolute atomic E-state index is 0.143. The molecule has 2 aromatic heterocycles. The molecule has 5 rings (SSSR count). The monoisotopic (exact) mass is 426 g/mol. The van der Waals surface area contributed by atoms with Crippen LogP contribution < -0.4 is 5.32 Å². The zero-order valence-corrected chi connectivity index (χ0v) is 18.1. The average molecular weight is 427 g/mol. The Morgan fingerprint density at radius 3 is 2.47 bits per heavy atom. The molecule has 1 saturated heterocycles. The van der Waals surface area contributed by atoms with Crippen molar-refractivity contribution in [2.75, 3.05) is 38.5 Å². The van der Waals surface area contributed by atoms with Gasteiger partial charge in [0.25, 0.3) is 5.91 Å². The predicted molar refractivity (Wildman–Crippen MR) is 126 cm³/mol. The quantitative estimate of drug-likeness (QED) is 0.512. The highest BCUT2D eigenvalue weighted by atomic mass is 16.3. The van der Waals surface area contributed by atoms with E-state index in [1.807, 2.05) is 66.9 Å². The molecule has 1 amide bonds. The molecule has 1 atom stereocenters. The fourth-order valence-corrected chi connectivity index (χ4v) is 4.31. The Kier molecular flexibility index (Phi) is 5.71. The molecule has 6 heteroatoms. The van der Waals surface area contributed by atoms with Gasteiger partial charge in [0.1, 0.15) is 5.58 Å². The second-order valence-corrected chi connectivity index (χ2v) is 8.19. The smallest absolute Gasteiger partial charge is 0.255 e. The van der Waals surface area contributed by atoms with Crippen molar-refractivity contribution in [3.05, 3.63) is 96.0 Å². The lowest BCUT2D eigenvalue weighted by Gasteiger charge is -2.37. The number of benzene rings is 2. The van der Waals surface area contributed by atoms with Crippen LogP contribution in [0.2, 0.25) is 0 Å². The number of anilines is 1. The summed E-state index contributed by atoms with van der Waals surface area (Å²) in [5, 5.41) is 4.06. The van der Waals surface area contributed by atoms with E-state index in [1.54, 1.807) is 6.20 Å². The fraction of sp³-hybridized carbons (Fsp3) is 0.231. The minimum Gasteiger partial charge on any atom is -0.457 e. The Balaban J connectivity index is 1.62. The number of rotatable bonds is 5. The van der Waals surface area contributed by atoms with Crippen LogP contribution in [0.3, 0.4) is 0 Å². The van der Waals surface area contributed by atoms with Gasteiger partial charge in [0, 0.05) is 49.5 Å². The van der Waals surface area contributed by atoms with E-state index in [-0.39, 0.29) is 11.9 Å². The Hall–Kier alpha value is -3.48. The summed E-state index contributed by atoms with van der Waals surface area (Å²) < 4.78 is 6.43. The van der Waals surface area contributed by atoms with Crippen LogP contribution in [-0.4, -0.2) is 53.9 Å². The lowest BCUT2D eigenvalue weighted by Crippen LogP contribution is -2.46. The van der Waals surface area contributed by atoms with Gasteiger partial charge in [0.05, 0.1) is 11.7 Å². The van der Waals surface area contributed by atoms with Crippen LogP contribution in [0.5, 0.6) is 0 Å². The molecule has 32 heavy (non-hydrogen) atoms. The zero-order chi connectivity index (χ0) is 21.9. The first kappa shape index (κ1) is 20.4. The number of piperazine rings is 1. The van der Waals surface area contributed by atoms with Crippen LogP contribution >= 0.6 is 0 Å². The molecule has 2 aromatic carbocycles. The Morgan fingerprint density at radius 2 is 1.72 bits per heavy atom. The van der Waals surface area contributed by atoms with Gasteiger partial charge in [-0.2, -0.15) is 0 Å². The maximum atomic E-state index is 13.1. The van der Waals surface area contributed by atoms with Gasteiger partial charge in [0.15, 0.2) is 5.76 Å². The van der Waals surface area contributed by atoms with Crippen molar-refractivity contribution in [1.82, 2.24) is 14.8 Å². The molecule has 1 aliphatic heterocycles. The van der Waals surface area contributed by atoms with Gasteiger partial charge in [-0.1, -0.05) is 36.4 Å². The highest BCUT2D eigenvalue weighted by molar-refractivity contribution is 6.09. The highest BCUT2D eigenvalue weighted by Crippen LogP contribution is 2.40. The summed E-state index contributed by atoms with van der Waals surface area (Å²) >= 11 is 0. The maximum absolute atomic E-state index is 13.1. The van der Waals surface area contributed by atoms with Crippen LogP contribution in [0.25, 0.3) is 11.0 Å². The van der Waals surface area contributed by atoms with Crippen LogP contribution in [0.4, 0.5) is 5.69 Å². The first-order chi connectivity index (χ1) is 15.7. The predicted octanol–water partition coefficient (Wildman–Crippen LogP) is 4.42. The summed E-state index contributed by atoms with van der Waals surface area (Å²) in [5.41, 5.74) is 3.14. The van der Waals surface area contributed by atoms with Crippen molar-refractivity contribution >= 4 is 22.6 Å². The number of para-hydroxylation sites is 1. The molecule has 1 unspecified atom stereocenters. The first-order valence-electron chi connectivity index (χ1n) is 10.9. The van der Waals surface area contributed by atoms with Crippen LogP contribution in [0, 0.1) is 0 Å². The third-order valence-corrected chi connectivity index (χ3v) is 6.05. The van der Waals surface area contributed by atoms with E-state index in [0.29, 0.717) is 5.56 Å². The van der Waals surface area contributed by atoms with Crippen molar-refractivity contribution < 1.29 is 9.21 Å². The highest BCUT2D eigenvalue weighted by Gasteiger charge is 2.32. The SMILES string of the molecule is CN1CCN(C(c2cccnc2)c2oc3ccccc3c2NC(=O)c2ccccc2)CC1. The number of hydrogen-bond donors (Lipinski definition) is 1. The number of carbonyl (C=O) groups is 1. The van der Waals surface area contributed by atoms with Gasteiger partial charge in [-0.3, -0.25) is 14.7 Å². The van der Waals surface area contributed by atoms with E-state index in [9.17, 15) is 4.79 Å². The third kappa shape index (κ3) is 4.02. The number of carbonyl (C=O) groups excluding carboxylic acids is 1. The molecule has 1 fully saturated rings. The molecule has 0 spiro atoms. The van der Waals surface area contributed by atoms with E-state index < -0.39 is 0 Å². The number of nitrogens with one attached hydrogen (secondary N) is 1. The standard InChI is InChI=1S/C26H26N4O2/c1-29-14-16-30(17-15-29)24(20-10-7-13-27-18-20)25-23(21-11-5-6-12-22(21)32-25)28-26(31)19-8-3-2-4-9-19/h2-13,18,24H,14-17H2,1H3,(H,28,31). The molecule has 162 valence electrons. The number of hydrogen-bond acceptors (Lipinski definition) is 5. The molecule has 6 nitrogen and oxygen atoms in total. The van der Waals surface area contributed by atoms with Gasteiger partial charge in [-0.25, -0.2) is 0 Å². The fourth-order valence-electron chi connectivity index (χ4n) is 4.31. The number of aromatic nitrogens is 1. The van der Waals surface area contributed by atoms with Crippen LogP contribution in [0.1, 0.15) is 27.7 Å². The molecular formula is C26H26N4O2. The Morgan fingerprint density at radius 1 is 0.969 bits per heavy atom. The number of nitrogens with zero attached hydrogens (tertiary/aromatic N) is 3. The second-order valence-electron chi connectivity index (χ2n) is 8.19. The van der Waals surface area contributed by atoms with Gasteiger partial charge in [0.2, 0.25) is 0 Å². The number of pyridine rings is 1.